The van der Waals surface area contributed by atoms with Crippen LogP contribution in [0.1, 0.15) is 40.5 Å². The van der Waals surface area contributed by atoms with E-state index in [9.17, 15) is 14.0 Å². The molecule has 31 heavy (non-hydrogen) atoms. The number of amides is 2. The van der Waals surface area contributed by atoms with E-state index < -0.39 is 5.82 Å². The fourth-order valence-electron chi connectivity index (χ4n) is 3.75. The summed E-state index contributed by atoms with van der Waals surface area (Å²) in [5.41, 5.74) is 1.47. The van der Waals surface area contributed by atoms with Gasteiger partial charge >= 0.3 is 0 Å². The zero-order chi connectivity index (χ0) is 21.8. The Morgan fingerprint density at radius 2 is 1.84 bits per heavy atom. The van der Waals surface area contributed by atoms with E-state index in [1.807, 2.05) is 6.92 Å². The van der Waals surface area contributed by atoms with E-state index in [4.69, 9.17) is 4.74 Å². The minimum atomic E-state index is -0.533. The number of ether oxygens (including phenoxy) is 1. The van der Waals surface area contributed by atoms with E-state index >= 15 is 0 Å². The zero-order valence-corrected chi connectivity index (χ0v) is 17.2. The Balaban J connectivity index is 1.37. The van der Waals surface area contributed by atoms with Crippen LogP contribution in [-0.4, -0.2) is 52.4 Å². The minimum absolute atomic E-state index is 0.0424. The summed E-state index contributed by atoms with van der Waals surface area (Å²) in [6, 6.07) is 9.42. The second kappa shape index (κ2) is 9.07. The van der Waals surface area contributed by atoms with Gasteiger partial charge in [-0.2, -0.15) is 0 Å². The van der Waals surface area contributed by atoms with Crippen molar-refractivity contribution in [1.29, 1.82) is 0 Å². The van der Waals surface area contributed by atoms with E-state index in [0.717, 1.165) is 5.75 Å². The molecular weight excluding hydrogens is 399 g/mol. The van der Waals surface area contributed by atoms with Crippen LogP contribution in [-0.2, 0) is 0 Å². The Labute approximate surface area is 179 Å². The molecule has 1 aromatic heterocycles. The highest BCUT2D eigenvalue weighted by molar-refractivity contribution is 6.04. The first-order valence-corrected chi connectivity index (χ1v) is 10.3. The summed E-state index contributed by atoms with van der Waals surface area (Å²) in [6.07, 6.45) is 4.17. The largest absolute Gasteiger partial charge is 0.494 e. The number of halogens is 1. The second-order valence-electron chi connectivity index (χ2n) is 7.37. The summed E-state index contributed by atoms with van der Waals surface area (Å²) >= 11 is 0. The molecule has 1 fully saturated rings. The second-order valence-corrected chi connectivity index (χ2v) is 7.37. The molecule has 8 heteroatoms. The molecule has 0 spiro atoms. The minimum Gasteiger partial charge on any atom is -0.494 e. The molecule has 7 nitrogen and oxygen atoms in total. The average molecular weight is 422 g/mol. The molecule has 1 aliphatic heterocycles. The van der Waals surface area contributed by atoms with Crippen LogP contribution in [0.25, 0.3) is 11.0 Å². The van der Waals surface area contributed by atoms with Gasteiger partial charge in [-0.15, -0.1) is 0 Å². The molecule has 1 N–H and O–H groups in total. The molecule has 3 aromatic rings. The lowest BCUT2D eigenvalue weighted by molar-refractivity contribution is 0.0698. The maximum Gasteiger partial charge on any atom is 0.253 e. The van der Waals surface area contributed by atoms with E-state index in [2.05, 4.69) is 15.3 Å². The van der Waals surface area contributed by atoms with Gasteiger partial charge in [-0.3, -0.25) is 19.6 Å². The van der Waals surface area contributed by atoms with Crippen LogP contribution in [0.3, 0.4) is 0 Å². The third-order valence-corrected chi connectivity index (χ3v) is 5.31. The fraction of sp³-hybridized carbons (Fsp3) is 0.304. The topological polar surface area (TPSA) is 84.4 Å². The van der Waals surface area contributed by atoms with Crippen LogP contribution in [0.5, 0.6) is 5.75 Å². The third kappa shape index (κ3) is 4.63. The zero-order valence-electron chi connectivity index (χ0n) is 17.2. The Bertz CT molecular complexity index is 1100. The van der Waals surface area contributed by atoms with Crippen LogP contribution < -0.4 is 10.1 Å². The van der Waals surface area contributed by atoms with Gasteiger partial charge < -0.3 is 15.0 Å². The Morgan fingerprint density at radius 1 is 1.13 bits per heavy atom. The molecule has 0 bridgehead atoms. The molecule has 0 saturated carbocycles. The first kappa shape index (κ1) is 20.7. The predicted octanol–water partition coefficient (Wildman–Crippen LogP) is 3.20. The van der Waals surface area contributed by atoms with Crippen molar-refractivity contribution in [1.82, 2.24) is 20.2 Å². The van der Waals surface area contributed by atoms with Crippen molar-refractivity contribution in [2.45, 2.75) is 25.8 Å². The lowest BCUT2D eigenvalue weighted by Gasteiger charge is -2.32. The van der Waals surface area contributed by atoms with E-state index in [-0.39, 0.29) is 23.4 Å². The number of carbonyl (C=O) groups excluding carboxylic acids is 2. The molecule has 2 amide bonds. The summed E-state index contributed by atoms with van der Waals surface area (Å²) < 4.78 is 19.3. The van der Waals surface area contributed by atoms with Gasteiger partial charge in [0.2, 0.25) is 0 Å². The number of fused-ring (bicyclic) bond motifs is 1. The molecule has 0 unspecified atom stereocenters. The quantitative estimate of drug-likeness (QED) is 0.683. The average Bonchev–Trinajstić information content (AvgIpc) is 2.79. The summed E-state index contributed by atoms with van der Waals surface area (Å²) in [4.78, 5) is 35.5. The number of piperidine rings is 1. The number of rotatable bonds is 5. The van der Waals surface area contributed by atoms with Crippen LogP contribution in [0.4, 0.5) is 4.39 Å². The van der Waals surface area contributed by atoms with Gasteiger partial charge in [0.15, 0.2) is 0 Å². The number of nitrogens with one attached hydrogen (secondary N) is 1. The molecule has 0 atom stereocenters. The highest BCUT2D eigenvalue weighted by atomic mass is 19.1. The summed E-state index contributed by atoms with van der Waals surface area (Å²) in [5, 5.41) is 2.95. The smallest absolute Gasteiger partial charge is 0.253 e. The monoisotopic (exact) mass is 422 g/mol. The molecule has 1 saturated heterocycles. The van der Waals surface area contributed by atoms with Gasteiger partial charge in [0.05, 0.1) is 17.7 Å². The number of nitrogens with zero attached hydrogens (tertiary/aromatic N) is 3. The van der Waals surface area contributed by atoms with Crippen molar-refractivity contribution >= 4 is 22.8 Å². The molecule has 4 rings (SSSR count). The van der Waals surface area contributed by atoms with E-state index in [1.54, 1.807) is 29.2 Å². The van der Waals surface area contributed by atoms with Crippen molar-refractivity contribution in [3.8, 4) is 5.75 Å². The van der Waals surface area contributed by atoms with Crippen LogP contribution in [0, 0.1) is 5.82 Å². The molecule has 0 radical (unpaired) electrons. The molecule has 2 heterocycles. The number of carbonyl (C=O) groups is 2. The standard InChI is InChI=1S/C23H23FN4O3/c1-2-31-18-5-3-15(4-6-18)23(30)28-11-7-17(8-12-28)27-22(29)19-13-16(24)14-20-21(19)26-10-9-25-20/h3-6,9-10,13-14,17H,2,7-8,11-12H2,1H3,(H,27,29). The van der Waals surface area contributed by atoms with Crippen molar-refractivity contribution in [2.24, 2.45) is 0 Å². The first-order valence-electron chi connectivity index (χ1n) is 10.3. The summed E-state index contributed by atoms with van der Waals surface area (Å²) in [5.74, 6) is -0.232. The highest BCUT2D eigenvalue weighted by Crippen LogP contribution is 2.20. The molecule has 1 aliphatic rings. The summed E-state index contributed by atoms with van der Waals surface area (Å²) in [6.45, 7) is 3.54. The molecule has 2 aromatic carbocycles. The van der Waals surface area contributed by atoms with Gasteiger partial charge in [-0.1, -0.05) is 0 Å². The third-order valence-electron chi connectivity index (χ3n) is 5.31. The van der Waals surface area contributed by atoms with Crippen molar-refractivity contribution < 1.29 is 18.7 Å². The Morgan fingerprint density at radius 3 is 2.55 bits per heavy atom. The maximum atomic E-state index is 13.9. The van der Waals surface area contributed by atoms with Gasteiger partial charge in [-0.05, 0) is 50.1 Å². The number of hydrogen-bond acceptors (Lipinski definition) is 5. The number of hydrogen-bond donors (Lipinski definition) is 1. The van der Waals surface area contributed by atoms with Gasteiger partial charge in [0, 0.05) is 43.2 Å². The lowest BCUT2D eigenvalue weighted by Crippen LogP contribution is -2.46. The maximum absolute atomic E-state index is 13.9. The van der Waals surface area contributed by atoms with Gasteiger partial charge in [0.25, 0.3) is 11.8 Å². The van der Waals surface area contributed by atoms with E-state index in [1.165, 1.54) is 24.5 Å². The molecule has 160 valence electrons. The van der Waals surface area contributed by atoms with Crippen LogP contribution in [0.2, 0.25) is 0 Å². The number of benzene rings is 2. The summed E-state index contributed by atoms with van der Waals surface area (Å²) in [7, 11) is 0. The van der Waals surface area contributed by atoms with Crippen LogP contribution in [0.15, 0.2) is 48.8 Å². The number of likely N-dealkylation sites (tertiary alicyclic amines) is 1. The van der Waals surface area contributed by atoms with Crippen molar-refractivity contribution in [3.05, 3.63) is 65.7 Å². The van der Waals surface area contributed by atoms with Gasteiger partial charge in [-0.25, -0.2) is 4.39 Å². The van der Waals surface area contributed by atoms with Crippen LogP contribution >= 0.6 is 0 Å². The highest BCUT2D eigenvalue weighted by Gasteiger charge is 2.25. The number of aromatic nitrogens is 2. The normalized spacial score (nSPS) is 14.5. The molecular formula is C23H23FN4O3. The van der Waals surface area contributed by atoms with Crippen molar-refractivity contribution in [2.75, 3.05) is 19.7 Å². The SMILES string of the molecule is CCOc1ccc(C(=O)N2CCC(NC(=O)c3cc(F)cc4nccnc34)CC2)cc1. The predicted molar refractivity (Wildman–Crippen MR) is 113 cm³/mol. The fourth-order valence-corrected chi connectivity index (χ4v) is 3.75. The van der Waals surface area contributed by atoms with Gasteiger partial charge in [0.1, 0.15) is 17.1 Å². The van der Waals surface area contributed by atoms with Crippen molar-refractivity contribution in [3.63, 3.8) is 0 Å². The van der Waals surface area contributed by atoms with E-state index in [0.29, 0.717) is 49.1 Å². The molecule has 0 aliphatic carbocycles. The Kier molecular flexibility index (Phi) is 6.06. The lowest BCUT2D eigenvalue weighted by atomic mass is 10.0. The first-order chi connectivity index (χ1) is 15.0. The Hall–Kier alpha value is -3.55.